The Balaban J connectivity index is 1.49. The van der Waals surface area contributed by atoms with Crippen LogP contribution in [0.1, 0.15) is 28.6 Å². The van der Waals surface area contributed by atoms with Crippen molar-refractivity contribution in [2.24, 2.45) is 0 Å². The minimum Gasteiger partial charge on any atom is -0.491 e. The number of carbonyl (C=O) groups is 2. The molecule has 1 atom stereocenters. The predicted octanol–water partition coefficient (Wildman–Crippen LogP) is 2.24. The van der Waals surface area contributed by atoms with Gasteiger partial charge in [-0.15, -0.1) is 0 Å². The van der Waals surface area contributed by atoms with Gasteiger partial charge in [0.25, 0.3) is 5.91 Å². The van der Waals surface area contributed by atoms with Crippen LogP contribution in [0.5, 0.6) is 5.75 Å². The molecule has 3 heterocycles. The minimum absolute atomic E-state index is 0.0257. The maximum Gasteiger partial charge on any atom is 0.318 e. The highest BCUT2D eigenvalue weighted by atomic mass is 16.5. The largest absolute Gasteiger partial charge is 0.491 e. The van der Waals surface area contributed by atoms with Crippen LogP contribution in [0.4, 0.5) is 4.79 Å². The van der Waals surface area contributed by atoms with Gasteiger partial charge in [0.15, 0.2) is 0 Å². The molecule has 1 N–H and O–H groups in total. The molecule has 1 saturated heterocycles. The summed E-state index contributed by atoms with van der Waals surface area (Å²) in [5, 5.41) is 2.88. The summed E-state index contributed by atoms with van der Waals surface area (Å²) < 4.78 is 16.5. The average Bonchev–Trinajstić information content (AvgIpc) is 3.22. The zero-order valence-corrected chi connectivity index (χ0v) is 16.4. The zero-order valence-electron chi connectivity index (χ0n) is 16.4. The van der Waals surface area contributed by atoms with Crippen LogP contribution in [0.3, 0.4) is 0 Å². The molecule has 1 aromatic heterocycles. The van der Waals surface area contributed by atoms with Gasteiger partial charge in [-0.3, -0.25) is 4.79 Å². The Labute approximate surface area is 169 Å². The van der Waals surface area contributed by atoms with Crippen LogP contribution in [-0.2, 0) is 17.8 Å². The van der Waals surface area contributed by atoms with Crippen LogP contribution >= 0.6 is 0 Å². The Bertz CT molecular complexity index is 861. The Kier molecular flexibility index (Phi) is 5.71. The van der Waals surface area contributed by atoms with Crippen molar-refractivity contribution in [1.82, 2.24) is 15.1 Å². The maximum atomic E-state index is 12.8. The summed E-state index contributed by atoms with van der Waals surface area (Å²) in [6, 6.07) is 8.72. The SMILES string of the molecule is C[C@H]1COc2ccc(C(=O)N3CCOCC3)cc2CN1C(=O)NCc1ccco1. The molecule has 2 aromatic rings. The highest BCUT2D eigenvalue weighted by Gasteiger charge is 2.27. The quantitative estimate of drug-likeness (QED) is 0.856. The molecular formula is C21H25N3O5. The summed E-state index contributed by atoms with van der Waals surface area (Å²) in [6.07, 6.45) is 1.58. The van der Waals surface area contributed by atoms with E-state index in [1.54, 1.807) is 28.2 Å². The second kappa shape index (κ2) is 8.57. The second-order valence-corrected chi connectivity index (χ2v) is 7.25. The first-order valence-corrected chi connectivity index (χ1v) is 9.81. The van der Waals surface area contributed by atoms with Crippen LogP contribution in [0, 0.1) is 0 Å². The van der Waals surface area contributed by atoms with Crippen LogP contribution in [-0.4, -0.2) is 60.7 Å². The van der Waals surface area contributed by atoms with Crippen LogP contribution < -0.4 is 10.1 Å². The van der Waals surface area contributed by atoms with Gasteiger partial charge < -0.3 is 29.0 Å². The van der Waals surface area contributed by atoms with E-state index in [9.17, 15) is 9.59 Å². The van der Waals surface area contributed by atoms with E-state index in [4.69, 9.17) is 13.9 Å². The Hall–Kier alpha value is -3.00. The maximum absolute atomic E-state index is 12.8. The first-order valence-electron chi connectivity index (χ1n) is 9.81. The number of nitrogens with one attached hydrogen (secondary N) is 1. The summed E-state index contributed by atoms with van der Waals surface area (Å²) in [5.74, 6) is 1.37. The van der Waals surface area contributed by atoms with Gasteiger partial charge in [-0.25, -0.2) is 4.79 Å². The lowest BCUT2D eigenvalue weighted by Crippen LogP contribution is -2.45. The van der Waals surface area contributed by atoms with Gasteiger partial charge in [0, 0.05) is 24.2 Å². The standard InChI is InChI=1S/C21H25N3O5/c1-15-14-29-19-5-4-16(20(25)23-6-9-27-10-7-23)11-17(19)13-24(15)21(26)22-12-18-3-2-8-28-18/h2-5,8,11,15H,6-7,9-10,12-14H2,1H3,(H,22,26)/t15-/m0/s1. The van der Waals surface area contributed by atoms with E-state index >= 15 is 0 Å². The number of morpholine rings is 1. The van der Waals surface area contributed by atoms with E-state index < -0.39 is 0 Å². The highest BCUT2D eigenvalue weighted by molar-refractivity contribution is 5.94. The number of fused-ring (bicyclic) bond motifs is 1. The van der Waals surface area contributed by atoms with E-state index in [0.717, 1.165) is 5.56 Å². The summed E-state index contributed by atoms with van der Waals surface area (Å²) in [7, 11) is 0. The van der Waals surface area contributed by atoms with Gasteiger partial charge in [-0.05, 0) is 37.3 Å². The lowest BCUT2D eigenvalue weighted by atomic mass is 10.1. The molecule has 8 heteroatoms. The van der Waals surface area contributed by atoms with Crippen molar-refractivity contribution in [2.75, 3.05) is 32.9 Å². The first kappa shape index (κ1) is 19.3. The molecule has 4 rings (SSSR count). The highest BCUT2D eigenvalue weighted by Crippen LogP contribution is 2.27. The molecule has 0 spiro atoms. The molecule has 0 bridgehead atoms. The van der Waals surface area contributed by atoms with E-state index in [-0.39, 0.29) is 18.0 Å². The van der Waals surface area contributed by atoms with Crippen molar-refractivity contribution in [3.8, 4) is 5.75 Å². The molecule has 29 heavy (non-hydrogen) atoms. The Morgan fingerprint density at radius 1 is 1.21 bits per heavy atom. The lowest BCUT2D eigenvalue weighted by Gasteiger charge is -2.27. The monoisotopic (exact) mass is 399 g/mol. The smallest absolute Gasteiger partial charge is 0.318 e. The van der Waals surface area contributed by atoms with E-state index in [0.29, 0.717) is 63.1 Å². The number of benzene rings is 1. The van der Waals surface area contributed by atoms with Crippen molar-refractivity contribution in [3.05, 3.63) is 53.5 Å². The third kappa shape index (κ3) is 4.37. The van der Waals surface area contributed by atoms with Gasteiger partial charge in [0.2, 0.25) is 0 Å². The molecule has 3 amide bonds. The van der Waals surface area contributed by atoms with Gasteiger partial charge in [0.1, 0.15) is 18.1 Å². The van der Waals surface area contributed by atoms with Crippen molar-refractivity contribution >= 4 is 11.9 Å². The van der Waals surface area contributed by atoms with E-state index in [1.807, 2.05) is 25.1 Å². The number of furan rings is 1. The molecule has 0 unspecified atom stereocenters. The third-order valence-corrected chi connectivity index (χ3v) is 5.21. The van der Waals surface area contributed by atoms with Crippen molar-refractivity contribution in [2.45, 2.75) is 26.1 Å². The second-order valence-electron chi connectivity index (χ2n) is 7.25. The van der Waals surface area contributed by atoms with Crippen LogP contribution in [0.25, 0.3) is 0 Å². The molecule has 1 fully saturated rings. The van der Waals surface area contributed by atoms with Gasteiger partial charge in [-0.1, -0.05) is 0 Å². The lowest BCUT2D eigenvalue weighted by molar-refractivity contribution is 0.0303. The molecular weight excluding hydrogens is 374 g/mol. The zero-order chi connectivity index (χ0) is 20.2. The number of hydrogen-bond donors (Lipinski definition) is 1. The molecule has 0 aliphatic carbocycles. The molecule has 1 aromatic carbocycles. The minimum atomic E-state index is -0.199. The van der Waals surface area contributed by atoms with Crippen molar-refractivity contribution in [1.29, 1.82) is 0 Å². The number of rotatable bonds is 3. The fourth-order valence-electron chi connectivity index (χ4n) is 3.51. The van der Waals surface area contributed by atoms with Gasteiger partial charge in [0.05, 0.1) is 38.6 Å². The number of urea groups is 1. The number of nitrogens with zero attached hydrogens (tertiary/aromatic N) is 2. The predicted molar refractivity (Wildman–Crippen MR) is 105 cm³/mol. The average molecular weight is 399 g/mol. The number of ether oxygens (including phenoxy) is 2. The van der Waals surface area contributed by atoms with Gasteiger partial charge in [-0.2, -0.15) is 0 Å². The Morgan fingerprint density at radius 2 is 2.03 bits per heavy atom. The molecule has 2 aliphatic rings. The first-order chi connectivity index (χ1) is 14.1. The molecule has 0 saturated carbocycles. The van der Waals surface area contributed by atoms with Crippen molar-refractivity contribution < 1.29 is 23.5 Å². The summed E-state index contributed by atoms with van der Waals surface area (Å²) in [5.41, 5.74) is 1.42. The van der Waals surface area contributed by atoms with Crippen molar-refractivity contribution in [3.63, 3.8) is 0 Å². The fraction of sp³-hybridized carbons (Fsp3) is 0.429. The molecule has 0 radical (unpaired) electrons. The van der Waals surface area contributed by atoms with E-state index in [2.05, 4.69) is 5.32 Å². The molecule has 2 aliphatic heterocycles. The number of carbonyl (C=O) groups excluding carboxylic acids is 2. The summed E-state index contributed by atoms with van der Waals surface area (Å²) in [4.78, 5) is 29.1. The van der Waals surface area contributed by atoms with Crippen LogP contribution in [0.2, 0.25) is 0 Å². The van der Waals surface area contributed by atoms with Crippen LogP contribution in [0.15, 0.2) is 41.0 Å². The normalized spacial score (nSPS) is 19.1. The third-order valence-electron chi connectivity index (χ3n) is 5.21. The Morgan fingerprint density at radius 3 is 2.79 bits per heavy atom. The summed E-state index contributed by atoms with van der Waals surface area (Å²) >= 11 is 0. The topological polar surface area (TPSA) is 84.2 Å². The molecule has 154 valence electrons. The number of hydrogen-bond acceptors (Lipinski definition) is 5. The molecule has 8 nitrogen and oxygen atoms in total. The number of amides is 3. The fourth-order valence-corrected chi connectivity index (χ4v) is 3.51. The summed E-state index contributed by atoms with van der Waals surface area (Å²) in [6.45, 7) is 5.30. The van der Waals surface area contributed by atoms with Gasteiger partial charge >= 0.3 is 6.03 Å². The van der Waals surface area contributed by atoms with E-state index in [1.165, 1.54) is 0 Å².